The molecule has 0 aliphatic rings. The largest absolute Gasteiger partial charge is 0.377 e. The molecule has 2 rings (SSSR count). The highest BCUT2D eigenvalue weighted by molar-refractivity contribution is 6.30. The van der Waals surface area contributed by atoms with Crippen molar-refractivity contribution in [2.24, 2.45) is 0 Å². The third-order valence-corrected chi connectivity index (χ3v) is 3.74. The lowest BCUT2D eigenvalue weighted by molar-refractivity contribution is 0.178. The minimum absolute atomic E-state index is 0.128. The van der Waals surface area contributed by atoms with E-state index in [0.29, 0.717) is 17.6 Å². The first-order valence-electron chi connectivity index (χ1n) is 6.52. The van der Waals surface area contributed by atoms with Crippen LogP contribution in [0.3, 0.4) is 0 Å². The Labute approximate surface area is 134 Å². The summed E-state index contributed by atoms with van der Waals surface area (Å²) in [5.74, 6) is 1.32. The predicted octanol–water partition coefficient (Wildman–Crippen LogP) is 4.13. The first kappa shape index (κ1) is 16.0. The molecule has 0 aliphatic carbocycles. The van der Waals surface area contributed by atoms with Gasteiger partial charge in [0.2, 0.25) is 0 Å². The van der Waals surface area contributed by atoms with E-state index in [1.807, 2.05) is 36.2 Å². The zero-order valence-electron chi connectivity index (χ0n) is 12.2. The van der Waals surface area contributed by atoms with Gasteiger partial charge in [-0.2, -0.15) is 0 Å². The quantitative estimate of drug-likeness (QED) is 0.775. The number of benzene rings is 1. The summed E-state index contributed by atoms with van der Waals surface area (Å²) >= 11 is 12.0. The summed E-state index contributed by atoms with van der Waals surface area (Å²) in [5.41, 5.74) is 1.14. The lowest BCUT2D eigenvalue weighted by atomic mass is 10.1. The summed E-state index contributed by atoms with van der Waals surface area (Å²) in [5, 5.41) is 1.13. The Morgan fingerprint density at radius 1 is 1.19 bits per heavy atom. The fourth-order valence-corrected chi connectivity index (χ4v) is 2.31. The number of halogens is 2. The summed E-state index contributed by atoms with van der Waals surface area (Å²) in [4.78, 5) is 10.6. The molecule has 0 radical (unpaired) electrons. The number of ether oxygens (including phenoxy) is 1. The van der Waals surface area contributed by atoms with Crippen LogP contribution in [0.1, 0.15) is 24.4 Å². The topological polar surface area (TPSA) is 38.2 Å². The van der Waals surface area contributed by atoms with E-state index >= 15 is 0 Å². The third kappa shape index (κ3) is 4.06. The number of rotatable bonds is 5. The highest BCUT2D eigenvalue weighted by atomic mass is 35.5. The molecule has 0 N–H and O–H groups in total. The third-order valence-electron chi connectivity index (χ3n) is 3.30. The normalized spacial score (nSPS) is 12.2. The Balaban J connectivity index is 2.26. The summed E-state index contributed by atoms with van der Waals surface area (Å²) in [6, 6.07) is 9.64. The van der Waals surface area contributed by atoms with E-state index in [1.54, 1.807) is 13.2 Å². The van der Waals surface area contributed by atoms with Crippen molar-refractivity contribution in [2.75, 3.05) is 19.1 Å². The van der Waals surface area contributed by atoms with Crippen molar-refractivity contribution >= 4 is 29.0 Å². The van der Waals surface area contributed by atoms with Crippen molar-refractivity contribution in [3.8, 4) is 0 Å². The molecule has 2 aromatic rings. The van der Waals surface area contributed by atoms with Crippen LogP contribution in [-0.2, 0) is 11.3 Å². The van der Waals surface area contributed by atoms with E-state index in [0.717, 1.165) is 16.4 Å². The van der Waals surface area contributed by atoms with Crippen molar-refractivity contribution in [3.63, 3.8) is 0 Å². The highest BCUT2D eigenvalue weighted by Crippen LogP contribution is 2.26. The minimum Gasteiger partial charge on any atom is -0.377 e. The smallest absolute Gasteiger partial charge is 0.158 e. The average molecular weight is 326 g/mol. The molecule has 1 atom stereocenters. The number of hydrogen-bond donors (Lipinski definition) is 0. The average Bonchev–Trinajstić information content (AvgIpc) is 2.46. The van der Waals surface area contributed by atoms with Gasteiger partial charge in [-0.3, -0.25) is 0 Å². The van der Waals surface area contributed by atoms with Gasteiger partial charge in [-0.15, -0.1) is 0 Å². The molecule has 6 heteroatoms. The van der Waals surface area contributed by atoms with E-state index in [1.165, 1.54) is 0 Å². The maximum absolute atomic E-state index is 6.05. The van der Waals surface area contributed by atoms with Crippen LogP contribution in [0, 0.1) is 0 Å². The number of hydrogen-bond acceptors (Lipinski definition) is 4. The van der Waals surface area contributed by atoms with Crippen molar-refractivity contribution in [1.82, 2.24) is 9.97 Å². The van der Waals surface area contributed by atoms with Gasteiger partial charge in [0.15, 0.2) is 5.82 Å². The van der Waals surface area contributed by atoms with E-state index in [-0.39, 0.29) is 6.04 Å². The Bertz CT molecular complexity index is 604. The first-order chi connectivity index (χ1) is 10.0. The van der Waals surface area contributed by atoms with Crippen LogP contribution in [-0.4, -0.2) is 24.1 Å². The van der Waals surface area contributed by atoms with Crippen molar-refractivity contribution in [2.45, 2.75) is 19.6 Å². The fraction of sp³-hybridized carbons (Fsp3) is 0.333. The minimum atomic E-state index is 0.128. The molecule has 0 aliphatic heterocycles. The van der Waals surface area contributed by atoms with Crippen molar-refractivity contribution < 1.29 is 4.74 Å². The molecule has 0 saturated carbocycles. The molecule has 1 unspecified atom stereocenters. The second kappa shape index (κ2) is 7.07. The molecule has 0 saturated heterocycles. The number of aromatic nitrogens is 2. The van der Waals surface area contributed by atoms with Gasteiger partial charge in [0, 0.05) is 25.2 Å². The molecule has 4 nitrogen and oxygen atoms in total. The molecule has 21 heavy (non-hydrogen) atoms. The molecule has 112 valence electrons. The van der Waals surface area contributed by atoms with E-state index in [4.69, 9.17) is 27.9 Å². The number of methoxy groups -OCH3 is 1. The second-order valence-corrected chi connectivity index (χ2v) is 5.56. The Morgan fingerprint density at radius 2 is 1.86 bits per heavy atom. The van der Waals surface area contributed by atoms with Crippen LogP contribution in [0.15, 0.2) is 30.3 Å². The summed E-state index contributed by atoms with van der Waals surface area (Å²) < 4.78 is 5.06. The molecule has 0 bridgehead atoms. The first-order valence-corrected chi connectivity index (χ1v) is 7.27. The lowest BCUT2D eigenvalue weighted by Gasteiger charge is -2.26. The molecule has 1 aromatic carbocycles. The fourth-order valence-electron chi connectivity index (χ4n) is 1.99. The van der Waals surface area contributed by atoms with Crippen molar-refractivity contribution in [1.29, 1.82) is 0 Å². The molecule has 1 heterocycles. The molecule has 0 amide bonds. The standard InChI is InChI=1S/C15H17Cl2N3O/c1-10(11-4-6-12(16)7-5-11)20(2)15-8-13(17)18-14(19-15)9-21-3/h4-8,10H,9H2,1-3H3. The predicted molar refractivity (Wildman–Crippen MR) is 86.0 cm³/mol. The van der Waals surface area contributed by atoms with Crippen molar-refractivity contribution in [3.05, 3.63) is 51.9 Å². The Hall–Kier alpha value is -1.36. The SMILES string of the molecule is COCc1nc(Cl)cc(N(C)C(C)c2ccc(Cl)cc2)n1. The number of anilines is 1. The summed E-state index contributed by atoms with van der Waals surface area (Å²) in [6.07, 6.45) is 0. The van der Waals surface area contributed by atoms with Gasteiger partial charge in [-0.05, 0) is 24.6 Å². The van der Waals surface area contributed by atoms with Gasteiger partial charge in [0.25, 0.3) is 0 Å². The van der Waals surface area contributed by atoms with E-state index < -0.39 is 0 Å². The maximum atomic E-state index is 6.05. The monoisotopic (exact) mass is 325 g/mol. The zero-order chi connectivity index (χ0) is 15.4. The van der Waals surface area contributed by atoms with Crippen LogP contribution in [0.2, 0.25) is 10.2 Å². The van der Waals surface area contributed by atoms with Gasteiger partial charge >= 0.3 is 0 Å². The Kier molecular flexibility index (Phi) is 5.39. The van der Waals surface area contributed by atoms with Gasteiger partial charge in [0.05, 0.1) is 6.04 Å². The van der Waals surface area contributed by atoms with Gasteiger partial charge < -0.3 is 9.64 Å². The van der Waals surface area contributed by atoms with Gasteiger partial charge in [-0.1, -0.05) is 35.3 Å². The summed E-state index contributed by atoms with van der Waals surface area (Å²) in [6.45, 7) is 2.42. The maximum Gasteiger partial charge on any atom is 0.158 e. The molecule has 0 spiro atoms. The Morgan fingerprint density at radius 3 is 2.48 bits per heavy atom. The second-order valence-electron chi connectivity index (χ2n) is 4.74. The zero-order valence-corrected chi connectivity index (χ0v) is 13.7. The summed E-state index contributed by atoms with van der Waals surface area (Å²) in [7, 11) is 3.57. The van der Waals surface area contributed by atoms with Crippen LogP contribution in [0.4, 0.5) is 5.82 Å². The van der Waals surface area contributed by atoms with Gasteiger partial charge in [0.1, 0.15) is 17.6 Å². The van der Waals surface area contributed by atoms with Crippen LogP contribution < -0.4 is 4.90 Å². The van der Waals surface area contributed by atoms with E-state index in [2.05, 4.69) is 16.9 Å². The lowest BCUT2D eigenvalue weighted by Crippen LogP contribution is -2.23. The van der Waals surface area contributed by atoms with Crippen LogP contribution in [0.5, 0.6) is 0 Å². The van der Waals surface area contributed by atoms with Gasteiger partial charge in [-0.25, -0.2) is 9.97 Å². The van der Waals surface area contributed by atoms with E-state index in [9.17, 15) is 0 Å². The molecular formula is C15H17Cl2N3O. The molecule has 1 aromatic heterocycles. The molecule has 0 fully saturated rings. The molecular weight excluding hydrogens is 309 g/mol. The van der Waals surface area contributed by atoms with Crippen LogP contribution >= 0.6 is 23.2 Å². The number of nitrogens with zero attached hydrogens (tertiary/aromatic N) is 3. The highest BCUT2D eigenvalue weighted by Gasteiger charge is 2.15. The van der Waals surface area contributed by atoms with Crippen LogP contribution in [0.25, 0.3) is 0 Å².